The molecule has 4 aromatic rings. The third-order valence-corrected chi connectivity index (χ3v) is 5.90. The summed E-state index contributed by atoms with van der Waals surface area (Å²) >= 11 is 1.15. The molecule has 4 rings (SSSR count). The van der Waals surface area contributed by atoms with Gasteiger partial charge in [0.2, 0.25) is 5.91 Å². The molecule has 0 spiro atoms. The quantitative estimate of drug-likeness (QED) is 0.470. The SMILES string of the molecule is CC(=O)c1cccc(NC(=O)Cn2c(=O)n(-c3ccc(F)cc3C)c(=O)c3sccc32)c1. The van der Waals surface area contributed by atoms with Crippen LogP contribution < -0.4 is 16.6 Å². The number of carbonyl (C=O) groups excluding carboxylic acids is 2. The molecule has 32 heavy (non-hydrogen) atoms. The number of benzene rings is 2. The lowest BCUT2D eigenvalue weighted by atomic mass is 10.1. The summed E-state index contributed by atoms with van der Waals surface area (Å²) in [5, 5.41) is 4.34. The molecule has 162 valence electrons. The lowest BCUT2D eigenvalue weighted by molar-refractivity contribution is -0.116. The van der Waals surface area contributed by atoms with Crippen LogP contribution in [0.5, 0.6) is 0 Å². The Bertz CT molecular complexity index is 1500. The Balaban J connectivity index is 1.78. The molecule has 0 saturated heterocycles. The Morgan fingerprint density at radius 2 is 1.88 bits per heavy atom. The number of nitrogens with one attached hydrogen (secondary N) is 1. The Morgan fingerprint density at radius 3 is 2.59 bits per heavy atom. The van der Waals surface area contributed by atoms with E-state index < -0.39 is 23.0 Å². The van der Waals surface area contributed by atoms with E-state index in [0.29, 0.717) is 27.0 Å². The number of Topliss-reactive ketones (excluding diaryl/α,β-unsaturated/α-hetero) is 1. The van der Waals surface area contributed by atoms with E-state index in [1.165, 1.54) is 29.7 Å². The van der Waals surface area contributed by atoms with Crippen LogP contribution in [0.2, 0.25) is 0 Å². The molecule has 0 aliphatic heterocycles. The normalized spacial score (nSPS) is 11.0. The Kier molecular flexibility index (Phi) is 5.58. The third-order valence-electron chi connectivity index (χ3n) is 5.01. The van der Waals surface area contributed by atoms with Crippen molar-refractivity contribution in [2.45, 2.75) is 20.4 Å². The van der Waals surface area contributed by atoms with Crippen LogP contribution in [-0.4, -0.2) is 20.8 Å². The van der Waals surface area contributed by atoms with E-state index in [9.17, 15) is 23.6 Å². The van der Waals surface area contributed by atoms with Gasteiger partial charge in [0, 0.05) is 11.3 Å². The number of carbonyl (C=O) groups is 2. The molecule has 9 heteroatoms. The molecule has 0 bridgehead atoms. The van der Waals surface area contributed by atoms with E-state index in [-0.39, 0.29) is 18.0 Å². The van der Waals surface area contributed by atoms with Crippen LogP contribution in [0.25, 0.3) is 15.9 Å². The van der Waals surface area contributed by atoms with E-state index in [0.717, 1.165) is 15.9 Å². The highest BCUT2D eigenvalue weighted by atomic mass is 32.1. The molecule has 2 heterocycles. The van der Waals surface area contributed by atoms with Crippen molar-refractivity contribution in [3.8, 4) is 5.69 Å². The molecule has 7 nitrogen and oxygen atoms in total. The molecule has 2 aromatic carbocycles. The highest BCUT2D eigenvalue weighted by Gasteiger charge is 2.19. The summed E-state index contributed by atoms with van der Waals surface area (Å²) in [5.74, 6) is -1.12. The smallest absolute Gasteiger partial charge is 0.325 e. The van der Waals surface area contributed by atoms with Crippen molar-refractivity contribution in [1.29, 1.82) is 0 Å². The van der Waals surface area contributed by atoms with E-state index in [2.05, 4.69) is 5.32 Å². The lowest BCUT2D eigenvalue weighted by Crippen LogP contribution is -2.40. The molecule has 1 N–H and O–H groups in total. The number of nitrogens with zero attached hydrogens (tertiary/aromatic N) is 2. The first-order valence-electron chi connectivity index (χ1n) is 9.66. The van der Waals surface area contributed by atoms with Gasteiger partial charge in [-0.2, -0.15) is 0 Å². The van der Waals surface area contributed by atoms with Gasteiger partial charge in [-0.1, -0.05) is 12.1 Å². The van der Waals surface area contributed by atoms with Crippen LogP contribution >= 0.6 is 11.3 Å². The van der Waals surface area contributed by atoms with Gasteiger partial charge in [0.1, 0.15) is 17.1 Å². The predicted molar refractivity (Wildman–Crippen MR) is 121 cm³/mol. The fraction of sp³-hybridized carbons (Fsp3) is 0.130. The Labute approximate surface area is 185 Å². The molecular weight excluding hydrogens is 433 g/mol. The zero-order valence-corrected chi connectivity index (χ0v) is 18.0. The van der Waals surface area contributed by atoms with Crippen LogP contribution in [0.1, 0.15) is 22.8 Å². The first-order valence-corrected chi connectivity index (χ1v) is 10.5. The van der Waals surface area contributed by atoms with Crippen LogP contribution in [0.4, 0.5) is 10.1 Å². The van der Waals surface area contributed by atoms with Gasteiger partial charge in [0.25, 0.3) is 5.56 Å². The second-order valence-electron chi connectivity index (χ2n) is 7.26. The van der Waals surface area contributed by atoms with Crippen LogP contribution in [0.3, 0.4) is 0 Å². The summed E-state index contributed by atoms with van der Waals surface area (Å²) in [6.07, 6.45) is 0. The number of fused-ring (bicyclic) bond motifs is 1. The highest BCUT2D eigenvalue weighted by molar-refractivity contribution is 7.17. The number of anilines is 1. The minimum absolute atomic E-state index is 0.140. The molecular formula is C23H18FN3O4S. The number of hydrogen-bond donors (Lipinski definition) is 1. The molecule has 0 aliphatic carbocycles. The van der Waals surface area contributed by atoms with Gasteiger partial charge in [-0.05, 0) is 61.2 Å². The zero-order valence-electron chi connectivity index (χ0n) is 17.2. The largest absolute Gasteiger partial charge is 0.336 e. The summed E-state index contributed by atoms with van der Waals surface area (Å²) in [6.45, 7) is 2.67. The lowest BCUT2D eigenvalue weighted by Gasteiger charge is -2.14. The maximum absolute atomic E-state index is 13.6. The number of aryl methyl sites for hydroxylation is 1. The van der Waals surface area contributed by atoms with Crippen molar-refractivity contribution in [1.82, 2.24) is 9.13 Å². The molecule has 0 fully saturated rings. The van der Waals surface area contributed by atoms with E-state index in [4.69, 9.17) is 0 Å². The van der Waals surface area contributed by atoms with E-state index in [1.807, 2.05) is 0 Å². The first-order chi connectivity index (χ1) is 15.3. The summed E-state index contributed by atoms with van der Waals surface area (Å²) in [6, 6.07) is 11.8. The standard InChI is InChI=1S/C23H18FN3O4S/c1-13-10-16(24)6-7-18(13)27-22(30)21-19(8-9-32-21)26(23(27)31)12-20(29)25-17-5-3-4-15(11-17)14(2)28/h3-11H,12H2,1-2H3,(H,25,29). The summed E-state index contributed by atoms with van der Waals surface area (Å²) < 4.78 is 16.0. The summed E-state index contributed by atoms with van der Waals surface area (Å²) in [5.41, 5.74) is 0.634. The van der Waals surface area contributed by atoms with E-state index >= 15 is 0 Å². The molecule has 0 unspecified atom stereocenters. The van der Waals surface area contributed by atoms with Crippen molar-refractivity contribution in [2.24, 2.45) is 0 Å². The molecule has 0 atom stereocenters. The molecule has 0 saturated carbocycles. The van der Waals surface area contributed by atoms with Crippen LogP contribution in [-0.2, 0) is 11.3 Å². The molecule has 1 amide bonds. The van der Waals surface area contributed by atoms with Crippen molar-refractivity contribution >= 4 is 38.9 Å². The number of hydrogen-bond acceptors (Lipinski definition) is 5. The zero-order chi connectivity index (χ0) is 23.0. The van der Waals surface area contributed by atoms with Crippen molar-refractivity contribution in [3.05, 3.63) is 91.7 Å². The van der Waals surface area contributed by atoms with Gasteiger partial charge < -0.3 is 5.32 Å². The highest BCUT2D eigenvalue weighted by Crippen LogP contribution is 2.19. The first kappa shape index (κ1) is 21.4. The Hall–Kier alpha value is -3.85. The van der Waals surface area contributed by atoms with Crippen molar-refractivity contribution in [2.75, 3.05) is 5.32 Å². The topological polar surface area (TPSA) is 90.2 Å². The summed E-state index contributed by atoms with van der Waals surface area (Å²) in [4.78, 5) is 50.6. The fourth-order valence-electron chi connectivity index (χ4n) is 3.48. The second-order valence-corrected chi connectivity index (χ2v) is 8.18. The van der Waals surface area contributed by atoms with Crippen molar-refractivity contribution < 1.29 is 14.0 Å². The average Bonchev–Trinajstić information content (AvgIpc) is 3.23. The number of amides is 1. The number of rotatable bonds is 5. The molecule has 0 radical (unpaired) electrons. The van der Waals surface area contributed by atoms with Gasteiger partial charge in [-0.25, -0.2) is 13.8 Å². The maximum atomic E-state index is 13.6. The maximum Gasteiger partial charge on any atom is 0.336 e. The van der Waals surface area contributed by atoms with Crippen LogP contribution in [0, 0.1) is 12.7 Å². The second kappa shape index (κ2) is 8.35. The van der Waals surface area contributed by atoms with Crippen LogP contribution in [0.15, 0.2) is 63.5 Å². The van der Waals surface area contributed by atoms with Gasteiger partial charge in [-0.3, -0.25) is 19.0 Å². The number of aromatic nitrogens is 2. The van der Waals surface area contributed by atoms with E-state index in [1.54, 1.807) is 42.6 Å². The molecule has 2 aromatic heterocycles. The fourth-order valence-corrected chi connectivity index (χ4v) is 4.31. The van der Waals surface area contributed by atoms with Gasteiger partial charge >= 0.3 is 5.69 Å². The predicted octanol–water partition coefficient (Wildman–Crippen LogP) is 3.50. The van der Waals surface area contributed by atoms with Gasteiger partial charge in [0.15, 0.2) is 5.78 Å². The average molecular weight is 451 g/mol. The Morgan fingerprint density at radius 1 is 1.09 bits per heavy atom. The molecule has 0 aliphatic rings. The van der Waals surface area contributed by atoms with Crippen molar-refractivity contribution in [3.63, 3.8) is 0 Å². The number of ketones is 1. The van der Waals surface area contributed by atoms with Gasteiger partial charge in [-0.15, -0.1) is 11.3 Å². The summed E-state index contributed by atoms with van der Waals surface area (Å²) in [7, 11) is 0. The number of halogens is 1. The number of thiophene rings is 1. The minimum atomic E-state index is -0.705. The third kappa shape index (κ3) is 3.90. The van der Waals surface area contributed by atoms with Gasteiger partial charge in [0.05, 0.1) is 11.2 Å². The minimum Gasteiger partial charge on any atom is -0.325 e. The monoisotopic (exact) mass is 451 g/mol.